The molecule has 3 rings (SSSR count). The molecular formula is C20H23NO5. The summed E-state index contributed by atoms with van der Waals surface area (Å²) in [5.41, 5.74) is 0.508. The fourth-order valence-corrected chi connectivity index (χ4v) is 2.66. The Morgan fingerprint density at radius 1 is 1.08 bits per heavy atom. The van der Waals surface area contributed by atoms with Gasteiger partial charge in [-0.05, 0) is 44.2 Å². The molecule has 2 aromatic carbocycles. The van der Waals surface area contributed by atoms with Crippen molar-refractivity contribution in [2.75, 3.05) is 26.4 Å². The first-order valence-electron chi connectivity index (χ1n) is 8.77. The molecule has 0 bridgehead atoms. The average Bonchev–Trinajstić information content (AvgIpc) is 2.67. The summed E-state index contributed by atoms with van der Waals surface area (Å²) < 4.78 is 22.6. The number of para-hydroxylation sites is 2. The maximum Gasteiger partial charge on any atom is 0.251 e. The molecule has 138 valence electrons. The first-order valence-corrected chi connectivity index (χ1v) is 8.77. The molecule has 26 heavy (non-hydrogen) atoms. The molecular weight excluding hydrogens is 334 g/mol. The summed E-state index contributed by atoms with van der Waals surface area (Å²) in [5, 5.41) is 2.88. The molecule has 6 nitrogen and oxygen atoms in total. The Morgan fingerprint density at radius 3 is 2.58 bits per heavy atom. The third-order valence-electron chi connectivity index (χ3n) is 3.86. The molecule has 1 amide bonds. The lowest BCUT2D eigenvalue weighted by Crippen LogP contribution is -2.40. The van der Waals surface area contributed by atoms with Crippen molar-refractivity contribution in [1.29, 1.82) is 0 Å². The van der Waals surface area contributed by atoms with Gasteiger partial charge >= 0.3 is 0 Å². The van der Waals surface area contributed by atoms with Crippen molar-refractivity contribution in [2.45, 2.75) is 20.0 Å². The highest BCUT2D eigenvalue weighted by Gasteiger charge is 2.21. The fourth-order valence-electron chi connectivity index (χ4n) is 2.66. The van der Waals surface area contributed by atoms with Crippen molar-refractivity contribution in [1.82, 2.24) is 5.32 Å². The third-order valence-corrected chi connectivity index (χ3v) is 3.86. The van der Waals surface area contributed by atoms with E-state index in [4.69, 9.17) is 18.9 Å². The van der Waals surface area contributed by atoms with Crippen LogP contribution in [0.3, 0.4) is 0 Å². The normalized spacial score (nSPS) is 15.2. The van der Waals surface area contributed by atoms with Crippen LogP contribution in [-0.4, -0.2) is 38.4 Å². The van der Waals surface area contributed by atoms with E-state index < -0.39 is 0 Å². The molecule has 0 aliphatic carbocycles. The number of carbonyl (C=O) groups excluding carboxylic acids is 1. The molecule has 1 heterocycles. The molecule has 1 atom stereocenters. The van der Waals surface area contributed by atoms with Gasteiger partial charge in [-0.1, -0.05) is 12.1 Å². The summed E-state index contributed by atoms with van der Waals surface area (Å²) in [6.45, 7) is 5.57. The largest absolute Gasteiger partial charge is 0.490 e. The van der Waals surface area contributed by atoms with Gasteiger partial charge in [-0.3, -0.25) is 4.79 Å². The second-order valence-electron chi connectivity index (χ2n) is 5.74. The predicted octanol–water partition coefficient (Wildman–Crippen LogP) is 3.05. The summed E-state index contributed by atoms with van der Waals surface area (Å²) in [6, 6.07) is 12.7. The van der Waals surface area contributed by atoms with Crippen molar-refractivity contribution in [2.24, 2.45) is 0 Å². The molecule has 1 aliphatic heterocycles. The van der Waals surface area contributed by atoms with Crippen LogP contribution in [-0.2, 0) is 0 Å². The average molecular weight is 357 g/mol. The Hall–Kier alpha value is -2.89. The summed E-state index contributed by atoms with van der Waals surface area (Å²) in [6.07, 6.45) is -0.233. The van der Waals surface area contributed by atoms with Crippen LogP contribution in [0.5, 0.6) is 23.0 Å². The van der Waals surface area contributed by atoms with Crippen LogP contribution in [0.25, 0.3) is 0 Å². The first kappa shape index (κ1) is 17.9. The van der Waals surface area contributed by atoms with Gasteiger partial charge in [-0.2, -0.15) is 0 Å². The van der Waals surface area contributed by atoms with Gasteiger partial charge in [-0.25, -0.2) is 0 Å². The lowest BCUT2D eigenvalue weighted by atomic mass is 10.2. The Bertz CT molecular complexity index is 762. The number of benzene rings is 2. The van der Waals surface area contributed by atoms with Gasteiger partial charge in [0.25, 0.3) is 5.91 Å². The molecule has 0 saturated heterocycles. The van der Waals surface area contributed by atoms with E-state index in [2.05, 4.69) is 5.32 Å². The molecule has 1 aliphatic rings. The van der Waals surface area contributed by atoms with Gasteiger partial charge in [0.2, 0.25) is 0 Å². The van der Waals surface area contributed by atoms with Gasteiger partial charge in [0.1, 0.15) is 12.7 Å². The van der Waals surface area contributed by atoms with Crippen molar-refractivity contribution < 1.29 is 23.7 Å². The summed E-state index contributed by atoms with van der Waals surface area (Å²) >= 11 is 0. The van der Waals surface area contributed by atoms with Crippen molar-refractivity contribution in [3.63, 3.8) is 0 Å². The van der Waals surface area contributed by atoms with Crippen molar-refractivity contribution >= 4 is 5.91 Å². The summed E-state index contributed by atoms with van der Waals surface area (Å²) in [7, 11) is 0. The van der Waals surface area contributed by atoms with Gasteiger partial charge in [-0.15, -0.1) is 0 Å². The number of carbonyl (C=O) groups is 1. The number of hydrogen-bond acceptors (Lipinski definition) is 5. The van der Waals surface area contributed by atoms with E-state index in [9.17, 15) is 4.79 Å². The van der Waals surface area contributed by atoms with E-state index in [1.165, 1.54) is 0 Å². The van der Waals surface area contributed by atoms with Crippen LogP contribution in [0.1, 0.15) is 24.2 Å². The predicted molar refractivity (Wildman–Crippen MR) is 97.5 cm³/mol. The molecule has 0 unspecified atom stereocenters. The molecule has 0 spiro atoms. The number of ether oxygens (including phenoxy) is 4. The molecule has 1 N–H and O–H groups in total. The van der Waals surface area contributed by atoms with Gasteiger partial charge in [0.15, 0.2) is 23.0 Å². The highest BCUT2D eigenvalue weighted by Crippen LogP contribution is 2.31. The minimum atomic E-state index is -0.233. The zero-order valence-corrected chi connectivity index (χ0v) is 15.0. The maximum absolute atomic E-state index is 12.5. The smallest absolute Gasteiger partial charge is 0.251 e. The summed E-state index contributed by atoms with van der Waals surface area (Å²) in [5.74, 6) is 2.41. The quantitative estimate of drug-likeness (QED) is 0.825. The fraction of sp³-hybridized carbons (Fsp3) is 0.350. The Labute approximate surface area is 153 Å². The zero-order valence-electron chi connectivity index (χ0n) is 15.0. The van der Waals surface area contributed by atoms with E-state index in [0.717, 1.165) is 5.75 Å². The van der Waals surface area contributed by atoms with E-state index in [-0.39, 0.29) is 12.0 Å². The monoisotopic (exact) mass is 357 g/mol. The lowest BCUT2D eigenvalue weighted by Gasteiger charge is -2.26. The first-order chi connectivity index (χ1) is 12.7. The van der Waals surface area contributed by atoms with Crippen LogP contribution in [0, 0.1) is 0 Å². The molecule has 0 radical (unpaired) electrons. The standard InChI is InChI=1S/C20H23NO5/c1-3-23-17-10-9-14(11-19(17)24-4-2)20(22)21-12-15-13-25-16-7-5-6-8-18(16)26-15/h5-11,15H,3-4,12-13H2,1-2H3,(H,21,22)/t15-/m0/s1. The minimum Gasteiger partial charge on any atom is -0.490 e. The van der Waals surface area contributed by atoms with Crippen LogP contribution in [0.4, 0.5) is 0 Å². The Morgan fingerprint density at radius 2 is 1.81 bits per heavy atom. The van der Waals surface area contributed by atoms with Gasteiger partial charge in [0, 0.05) is 5.56 Å². The zero-order chi connectivity index (χ0) is 18.4. The van der Waals surface area contributed by atoms with E-state index in [1.807, 2.05) is 38.1 Å². The number of fused-ring (bicyclic) bond motifs is 1. The van der Waals surface area contributed by atoms with E-state index >= 15 is 0 Å². The Balaban J connectivity index is 1.61. The number of rotatable bonds is 7. The molecule has 2 aromatic rings. The molecule has 0 fully saturated rings. The SMILES string of the molecule is CCOc1ccc(C(=O)NC[C@H]2COc3ccccc3O2)cc1OCC. The second kappa shape index (κ2) is 8.47. The highest BCUT2D eigenvalue weighted by molar-refractivity contribution is 5.94. The third kappa shape index (κ3) is 4.20. The van der Waals surface area contributed by atoms with Gasteiger partial charge in [0.05, 0.1) is 19.8 Å². The van der Waals surface area contributed by atoms with Crippen LogP contribution in [0.2, 0.25) is 0 Å². The molecule has 0 aromatic heterocycles. The van der Waals surface area contributed by atoms with Gasteiger partial charge < -0.3 is 24.3 Å². The van der Waals surface area contributed by atoms with Crippen molar-refractivity contribution in [3.05, 3.63) is 48.0 Å². The second-order valence-corrected chi connectivity index (χ2v) is 5.74. The number of hydrogen-bond donors (Lipinski definition) is 1. The van der Waals surface area contributed by atoms with Crippen LogP contribution in [0.15, 0.2) is 42.5 Å². The number of amides is 1. The van der Waals surface area contributed by atoms with Crippen LogP contribution >= 0.6 is 0 Å². The van der Waals surface area contributed by atoms with Crippen molar-refractivity contribution in [3.8, 4) is 23.0 Å². The summed E-state index contributed by atoms with van der Waals surface area (Å²) in [4.78, 5) is 12.5. The maximum atomic E-state index is 12.5. The molecule has 0 saturated carbocycles. The minimum absolute atomic E-state index is 0.198. The molecule has 6 heteroatoms. The number of nitrogens with one attached hydrogen (secondary N) is 1. The lowest BCUT2D eigenvalue weighted by molar-refractivity contribution is 0.0789. The topological polar surface area (TPSA) is 66.0 Å². The highest BCUT2D eigenvalue weighted by atomic mass is 16.6. The van der Waals surface area contributed by atoms with Crippen LogP contribution < -0.4 is 24.3 Å². The van der Waals surface area contributed by atoms with E-state index in [1.54, 1.807) is 18.2 Å². The van der Waals surface area contributed by atoms with E-state index in [0.29, 0.717) is 49.2 Å². The Kier molecular flexibility index (Phi) is 5.84.